The zero-order chi connectivity index (χ0) is 16.2. The molecule has 1 amide bonds. The zero-order valence-electron chi connectivity index (χ0n) is 11.9. The van der Waals surface area contributed by atoms with Gasteiger partial charge in [-0.05, 0) is 31.2 Å². The van der Waals surface area contributed by atoms with Gasteiger partial charge >= 0.3 is 0 Å². The lowest BCUT2D eigenvalue weighted by atomic mass is 10.2. The Hall–Kier alpha value is -1.99. The van der Waals surface area contributed by atoms with Crippen LogP contribution in [0.1, 0.15) is 5.56 Å². The third-order valence-corrected chi connectivity index (χ3v) is 5.31. The van der Waals surface area contributed by atoms with Gasteiger partial charge < -0.3 is 5.73 Å². The molecule has 7 heteroatoms. The van der Waals surface area contributed by atoms with Crippen LogP contribution >= 0.6 is 11.8 Å². The van der Waals surface area contributed by atoms with E-state index in [9.17, 15) is 13.2 Å². The lowest BCUT2D eigenvalue weighted by molar-refractivity contribution is -0.115. The summed E-state index contributed by atoms with van der Waals surface area (Å²) >= 11 is 1.19. The van der Waals surface area contributed by atoms with Crippen LogP contribution < -0.4 is 10.5 Å². The molecule has 0 saturated heterocycles. The molecule has 0 fully saturated rings. The molecule has 0 unspecified atom stereocenters. The summed E-state index contributed by atoms with van der Waals surface area (Å²) in [5.74, 6) is -0.371. The molecule has 0 radical (unpaired) electrons. The number of nitrogens with two attached hydrogens (primary N) is 1. The minimum Gasteiger partial charge on any atom is -0.369 e. The number of rotatable bonds is 6. The monoisotopic (exact) mass is 336 g/mol. The van der Waals surface area contributed by atoms with Crippen molar-refractivity contribution in [2.24, 2.45) is 5.73 Å². The van der Waals surface area contributed by atoms with Crippen LogP contribution in [0, 0.1) is 6.92 Å². The van der Waals surface area contributed by atoms with Crippen molar-refractivity contribution < 1.29 is 13.2 Å². The van der Waals surface area contributed by atoms with Gasteiger partial charge in [0.15, 0.2) is 0 Å². The summed E-state index contributed by atoms with van der Waals surface area (Å²) in [6.45, 7) is 1.89. The maximum Gasteiger partial charge on any atom is 0.261 e. The van der Waals surface area contributed by atoms with Crippen molar-refractivity contribution in [1.82, 2.24) is 0 Å². The minimum absolute atomic E-state index is 0.0866. The number of carbonyl (C=O) groups is 1. The highest BCUT2D eigenvalue weighted by atomic mass is 32.2. The summed E-state index contributed by atoms with van der Waals surface area (Å²) in [6, 6.07) is 13.5. The highest BCUT2D eigenvalue weighted by Gasteiger charge is 2.16. The molecule has 0 bridgehead atoms. The molecule has 0 aliphatic heterocycles. The van der Waals surface area contributed by atoms with Crippen LogP contribution in [-0.2, 0) is 14.8 Å². The van der Waals surface area contributed by atoms with Crippen molar-refractivity contribution in [3.63, 3.8) is 0 Å². The summed E-state index contributed by atoms with van der Waals surface area (Å²) in [4.78, 5) is 11.7. The Labute approximate surface area is 134 Å². The van der Waals surface area contributed by atoms with Crippen molar-refractivity contribution in [1.29, 1.82) is 0 Å². The quantitative estimate of drug-likeness (QED) is 0.793. The van der Waals surface area contributed by atoms with Gasteiger partial charge in [0.2, 0.25) is 5.91 Å². The van der Waals surface area contributed by atoms with Gasteiger partial charge in [0.1, 0.15) is 0 Å². The van der Waals surface area contributed by atoms with Gasteiger partial charge in [0.05, 0.1) is 16.3 Å². The Morgan fingerprint density at radius 3 is 2.41 bits per heavy atom. The van der Waals surface area contributed by atoms with E-state index >= 15 is 0 Å². The first-order chi connectivity index (χ1) is 10.4. The fourth-order valence-electron chi connectivity index (χ4n) is 1.75. The molecule has 5 nitrogen and oxygen atoms in total. The predicted molar refractivity (Wildman–Crippen MR) is 88.3 cm³/mol. The molecule has 2 rings (SSSR count). The highest BCUT2D eigenvalue weighted by molar-refractivity contribution is 8.00. The fraction of sp³-hybridized carbons (Fsp3) is 0.133. The van der Waals surface area contributed by atoms with Gasteiger partial charge in [-0.25, -0.2) is 8.42 Å². The van der Waals surface area contributed by atoms with Crippen molar-refractivity contribution in [2.75, 3.05) is 10.5 Å². The topological polar surface area (TPSA) is 89.3 Å². The van der Waals surface area contributed by atoms with Crippen LogP contribution in [0.15, 0.2) is 58.3 Å². The second kappa shape index (κ2) is 6.85. The summed E-state index contributed by atoms with van der Waals surface area (Å²) in [5.41, 5.74) is 6.53. The Morgan fingerprint density at radius 2 is 1.77 bits per heavy atom. The summed E-state index contributed by atoms with van der Waals surface area (Å²) in [5, 5.41) is 0. The fourth-order valence-corrected chi connectivity index (χ4v) is 3.64. The number of para-hydroxylation sites is 1. The van der Waals surface area contributed by atoms with Crippen LogP contribution in [0.25, 0.3) is 0 Å². The molecule has 0 aliphatic rings. The van der Waals surface area contributed by atoms with Crippen LogP contribution in [0.4, 0.5) is 5.69 Å². The van der Waals surface area contributed by atoms with Gasteiger partial charge in [-0.1, -0.05) is 29.8 Å². The Balaban J connectivity index is 2.26. The second-order valence-electron chi connectivity index (χ2n) is 4.67. The van der Waals surface area contributed by atoms with Gasteiger partial charge in [0.25, 0.3) is 10.0 Å². The van der Waals surface area contributed by atoms with E-state index in [2.05, 4.69) is 4.72 Å². The number of primary amides is 1. The normalized spacial score (nSPS) is 11.1. The third-order valence-electron chi connectivity index (χ3n) is 2.83. The lowest BCUT2D eigenvalue weighted by Gasteiger charge is -2.12. The largest absolute Gasteiger partial charge is 0.369 e. The van der Waals surface area contributed by atoms with Crippen LogP contribution in [0.2, 0.25) is 0 Å². The molecule has 0 spiro atoms. The maximum atomic E-state index is 12.4. The van der Waals surface area contributed by atoms with Gasteiger partial charge in [-0.15, -0.1) is 11.8 Å². The first-order valence-corrected chi connectivity index (χ1v) is 8.95. The number of sulfonamides is 1. The van der Waals surface area contributed by atoms with Crippen molar-refractivity contribution in [2.45, 2.75) is 16.7 Å². The summed E-state index contributed by atoms with van der Waals surface area (Å²) in [7, 11) is -3.67. The standard InChI is InChI=1S/C15H16N2O3S2/c1-11-6-8-12(9-7-11)22(19,20)17-13-4-2-3-5-14(13)21-10-15(16)18/h2-9,17H,10H2,1H3,(H2,16,18). The molecule has 0 aromatic heterocycles. The van der Waals surface area contributed by atoms with E-state index in [4.69, 9.17) is 5.73 Å². The number of benzene rings is 2. The number of carbonyl (C=O) groups excluding carboxylic acids is 1. The average molecular weight is 336 g/mol. The first kappa shape index (κ1) is 16.4. The molecular formula is C15H16N2O3S2. The van der Waals surface area contributed by atoms with E-state index in [1.165, 1.54) is 11.8 Å². The number of thioether (sulfide) groups is 1. The van der Waals surface area contributed by atoms with Gasteiger partial charge in [-0.3, -0.25) is 9.52 Å². The highest BCUT2D eigenvalue weighted by Crippen LogP contribution is 2.28. The van der Waals surface area contributed by atoms with Crippen LogP contribution in [-0.4, -0.2) is 20.1 Å². The van der Waals surface area contributed by atoms with E-state index in [1.54, 1.807) is 48.5 Å². The average Bonchev–Trinajstić information content (AvgIpc) is 2.46. The number of amides is 1. The molecule has 22 heavy (non-hydrogen) atoms. The van der Waals surface area contributed by atoms with E-state index in [1.807, 2.05) is 6.92 Å². The van der Waals surface area contributed by atoms with Gasteiger partial charge in [0, 0.05) is 4.90 Å². The molecule has 0 heterocycles. The molecule has 2 aromatic carbocycles. The van der Waals surface area contributed by atoms with Crippen molar-refractivity contribution in [3.05, 3.63) is 54.1 Å². The van der Waals surface area contributed by atoms with Gasteiger partial charge in [-0.2, -0.15) is 0 Å². The number of hydrogen-bond donors (Lipinski definition) is 2. The van der Waals surface area contributed by atoms with Crippen molar-refractivity contribution in [3.8, 4) is 0 Å². The summed E-state index contributed by atoms with van der Waals surface area (Å²) in [6.07, 6.45) is 0. The molecule has 0 atom stereocenters. The van der Waals surface area contributed by atoms with Crippen LogP contribution in [0.3, 0.4) is 0 Å². The van der Waals surface area contributed by atoms with E-state index in [0.29, 0.717) is 10.6 Å². The smallest absolute Gasteiger partial charge is 0.261 e. The molecule has 0 aliphatic carbocycles. The zero-order valence-corrected chi connectivity index (χ0v) is 13.6. The Morgan fingerprint density at radius 1 is 1.14 bits per heavy atom. The number of aryl methyl sites for hydroxylation is 1. The third kappa shape index (κ3) is 4.25. The first-order valence-electron chi connectivity index (χ1n) is 6.48. The Kier molecular flexibility index (Phi) is 5.10. The SMILES string of the molecule is Cc1ccc(S(=O)(=O)Nc2ccccc2SCC(N)=O)cc1. The summed E-state index contributed by atoms with van der Waals surface area (Å²) < 4.78 is 27.3. The maximum absolute atomic E-state index is 12.4. The van der Waals surface area contributed by atoms with Crippen molar-refractivity contribution >= 4 is 33.4 Å². The molecule has 2 aromatic rings. The van der Waals surface area contributed by atoms with Crippen LogP contribution in [0.5, 0.6) is 0 Å². The second-order valence-corrected chi connectivity index (χ2v) is 7.37. The lowest BCUT2D eigenvalue weighted by Crippen LogP contribution is -2.15. The number of nitrogens with one attached hydrogen (secondary N) is 1. The number of anilines is 1. The number of hydrogen-bond acceptors (Lipinski definition) is 4. The molecule has 3 N–H and O–H groups in total. The van der Waals surface area contributed by atoms with E-state index in [-0.39, 0.29) is 10.6 Å². The molecule has 0 saturated carbocycles. The van der Waals surface area contributed by atoms with E-state index < -0.39 is 15.9 Å². The molecule has 116 valence electrons. The Bertz CT molecular complexity index is 772. The molecular weight excluding hydrogens is 320 g/mol. The minimum atomic E-state index is -3.67. The predicted octanol–water partition coefficient (Wildman–Crippen LogP) is 2.37. The van der Waals surface area contributed by atoms with E-state index in [0.717, 1.165) is 5.56 Å².